The summed E-state index contributed by atoms with van der Waals surface area (Å²) in [5.41, 5.74) is 6.98. The fraction of sp³-hybridized carbons (Fsp3) is 0.392. The Hall–Kier alpha value is -2.55. The molecule has 90 heavy (non-hydrogen) atoms. The Morgan fingerprint density at radius 3 is 2.21 bits per heavy atom. The molecule has 8 nitrogen and oxygen atoms in total. The molecular weight excluding hydrogens is 1430 g/mol. The molecule has 3 aliphatic carbocycles. The standard InChI is InChI=1S/C26H28ClO3S.C25H26NO2.C23H24ClFNOS.3Y/c1-26(2,18-7-4-3-5-8-18)19-13-20(30-15-19)10-11-22-23(25(28)14-24(22)27)17-29-16-21-9-6-12-31-21;27-23-17-24(28)22(21(23)13-4-9-18-7-2-1-3-8-18)15-14-20-11-5-10-19-12-6-16-26-25(19)20;24-21-19(9-7-15-6-8-17-14-26-11-10-16(17)13-15)20(23(27)22(21)25)5-1-3-18-4-2-12-28-18;;;/h3-9,13-15,22-23,25,28H,10-11,16-17H2,1-2H3;1-2,5-8,10-12,16,21-23,27H,4,9,13-15,17H2;2,4,6,8,10-11,13-14,19-23,27H,1,3,5,7,9H2;;;/q3*-1;;;/t22-,23-,25?;21-,22-,23?;19-,20-,21?,22?,23?;;;/m111.../s1. The third kappa shape index (κ3) is 20.0. The van der Waals surface area contributed by atoms with Crippen LogP contribution in [0.2, 0.25) is 0 Å². The molecular formula is C74H78Cl2FN2O6S2Y3-3. The Morgan fingerprint density at radius 2 is 1.44 bits per heavy atom. The summed E-state index contributed by atoms with van der Waals surface area (Å²) < 4.78 is 26.2. The predicted molar refractivity (Wildman–Crippen MR) is 350 cm³/mol. The number of ether oxygens (including phenoxy) is 1. The Labute approximate surface area is 624 Å². The minimum atomic E-state index is -1.34. The van der Waals surface area contributed by atoms with Gasteiger partial charge in [-0.15, -0.1) is 32.1 Å². The zero-order valence-corrected chi connectivity index (χ0v) is 62.9. The van der Waals surface area contributed by atoms with Gasteiger partial charge in [-0.05, 0) is 109 Å². The van der Waals surface area contributed by atoms with Crippen LogP contribution >= 0.6 is 45.9 Å². The van der Waals surface area contributed by atoms with E-state index in [2.05, 4.69) is 126 Å². The monoisotopic (exact) mass is 1510 g/mol. The predicted octanol–water partition coefficient (Wildman–Crippen LogP) is 16.5. The van der Waals surface area contributed by atoms with Crippen molar-refractivity contribution in [2.75, 3.05) is 6.61 Å². The van der Waals surface area contributed by atoms with Crippen LogP contribution in [0.15, 0.2) is 180 Å². The zero-order chi connectivity index (χ0) is 60.7. The maximum Gasteiger partial charge on any atom is 0.143 e. The number of carbonyl (C=O) groups is 1. The summed E-state index contributed by atoms with van der Waals surface area (Å²) in [7, 11) is 0. The van der Waals surface area contributed by atoms with Gasteiger partial charge in [0.2, 0.25) is 0 Å². The molecule has 4 aromatic carbocycles. The number of fused-ring (bicyclic) bond motifs is 2. The molecule has 5 aromatic heterocycles. The number of alkyl halides is 2. The van der Waals surface area contributed by atoms with E-state index < -0.39 is 29.9 Å². The number of aryl methyl sites for hydroxylation is 5. The van der Waals surface area contributed by atoms with Gasteiger partial charge in [0.15, 0.2) is 0 Å². The zero-order valence-electron chi connectivity index (χ0n) is 51.3. The van der Waals surface area contributed by atoms with Crippen LogP contribution in [-0.4, -0.2) is 67.5 Å². The van der Waals surface area contributed by atoms with Gasteiger partial charge in [-0.3, -0.25) is 26.1 Å². The van der Waals surface area contributed by atoms with E-state index in [4.69, 9.17) is 32.4 Å². The Morgan fingerprint density at radius 1 is 0.689 bits per heavy atom. The molecule has 16 heteroatoms. The van der Waals surface area contributed by atoms with Crippen LogP contribution in [0.3, 0.4) is 0 Å². The van der Waals surface area contributed by atoms with Crippen molar-refractivity contribution in [3.8, 4) is 0 Å². The summed E-state index contributed by atoms with van der Waals surface area (Å²) in [6.45, 7) is 5.43. The van der Waals surface area contributed by atoms with E-state index in [9.17, 15) is 24.5 Å². The third-order valence-corrected chi connectivity index (χ3v) is 20.9. The van der Waals surface area contributed by atoms with Crippen LogP contribution in [0.4, 0.5) is 4.39 Å². The number of pyridine rings is 2. The summed E-state index contributed by atoms with van der Waals surface area (Å²) in [5, 5.41) is 41.0. The largest absolute Gasteiger partial charge is 0.469 e. The molecule has 0 saturated heterocycles. The van der Waals surface area contributed by atoms with Gasteiger partial charge in [-0.2, -0.15) is 54.1 Å². The molecule has 2 fully saturated rings. The number of Topliss-reactive ketones (excluding diaryl/α,β-unsaturated/α-hetero) is 1. The second kappa shape index (κ2) is 37.1. The summed E-state index contributed by atoms with van der Waals surface area (Å²) >= 11 is 16.1. The van der Waals surface area contributed by atoms with Crippen molar-refractivity contribution in [2.45, 2.75) is 139 Å². The number of aliphatic hydroxyl groups is 3. The second-order valence-electron chi connectivity index (χ2n) is 24.2. The Balaban J connectivity index is 0.000000189. The van der Waals surface area contributed by atoms with Crippen LogP contribution in [0.1, 0.15) is 109 Å². The van der Waals surface area contributed by atoms with Crippen LogP contribution in [-0.2, 0) is 152 Å². The topological polar surface area (TPSA) is 126 Å². The summed E-state index contributed by atoms with van der Waals surface area (Å²) in [5.74, 6) is 1.14. The van der Waals surface area contributed by atoms with Crippen molar-refractivity contribution in [1.29, 1.82) is 0 Å². The average molecular weight is 1510 g/mol. The number of carbonyl (C=O) groups excluding carboxylic acids is 1. The number of aromatic nitrogens is 2. The third-order valence-electron chi connectivity index (χ3n) is 18.3. The molecule has 3 radical (unpaired) electrons. The van der Waals surface area contributed by atoms with Crippen molar-refractivity contribution < 1.29 is 132 Å². The molecule has 2 saturated carbocycles. The van der Waals surface area contributed by atoms with Gasteiger partial charge < -0.3 is 35.8 Å². The van der Waals surface area contributed by atoms with Crippen molar-refractivity contribution in [2.24, 2.45) is 35.5 Å². The molecule has 11 atom stereocenters. The number of benzene rings is 4. The number of hydrogen-bond donors (Lipinski definition) is 3. The maximum absolute atomic E-state index is 14.5. The minimum absolute atomic E-state index is 0. The molecule has 0 amide bonds. The van der Waals surface area contributed by atoms with Crippen molar-refractivity contribution >= 4 is 73.3 Å². The molecule has 0 bridgehead atoms. The number of halogens is 3. The number of allylic oxidation sites excluding steroid dienone is 1. The Kier molecular flexibility index (Phi) is 30.8. The van der Waals surface area contributed by atoms with Crippen LogP contribution < -0.4 is 0 Å². The van der Waals surface area contributed by atoms with E-state index in [1.165, 1.54) is 27.1 Å². The summed E-state index contributed by atoms with van der Waals surface area (Å²) in [6, 6.07) is 50.3. The van der Waals surface area contributed by atoms with Gasteiger partial charge in [0, 0.05) is 181 Å². The number of ketones is 1. The molecule has 5 unspecified atom stereocenters. The van der Waals surface area contributed by atoms with Crippen molar-refractivity contribution in [1.82, 2.24) is 9.97 Å². The molecule has 465 valence electrons. The van der Waals surface area contributed by atoms with E-state index in [-0.39, 0.29) is 145 Å². The SMILES string of the molecule is CC(C)(c1ccccc1)c1coc(CC[C@H]2C(Cl)=CC(O)[C@@H]2COCc2cc[c-]s2)c1.O=C1CC(O)[C@H](CCCc2c[c-]ccc2)[C@H]1CCc1cccc2cccnc12.OC1C(F)C(Cl)[C@H](CCc2ccc3cnccc3c2)[C@H]1CCCc1cc[c-]s1.[Y].[Y].[Y]. The quantitative estimate of drug-likeness (QED) is 0.0427. The minimum Gasteiger partial charge on any atom is -0.469 e. The Bertz CT molecular complexity index is 3600. The first-order valence-corrected chi connectivity index (χ1v) is 33.2. The molecule has 0 spiro atoms. The summed E-state index contributed by atoms with van der Waals surface area (Å²) in [4.78, 5) is 23.6. The van der Waals surface area contributed by atoms with Gasteiger partial charge in [0.1, 0.15) is 17.7 Å². The fourth-order valence-corrected chi connectivity index (χ4v) is 15.4. The maximum atomic E-state index is 14.5. The van der Waals surface area contributed by atoms with Gasteiger partial charge in [-0.25, -0.2) is 10.5 Å². The van der Waals surface area contributed by atoms with Crippen molar-refractivity contribution in [3.05, 3.63) is 236 Å². The molecule has 9 aromatic rings. The number of nitrogens with zero attached hydrogens (tertiary/aromatic N) is 2. The molecule has 0 aliphatic heterocycles. The average Bonchev–Trinajstić information content (AvgIpc) is 3.06. The van der Waals surface area contributed by atoms with Gasteiger partial charge in [0.05, 0.1) is 42.1 Å². The summed E-state index contributed by atoms with van der Waals surface area (Å²) in [6.07, 6.45) is 16.4. The number of para-hydroxylation sites is 1. The van der Waals surface area contributed by atoms with E-state index >= 15 is 0 Å². The smallest absolute Gasteiger partial charge is 0.143 e. The molecule has 3 aliphatic rings. The van der Waals surface area contributed by atoms with Crippen LogP contribution in [0.5, 0.6) is 0 Å². The van der Waals surface area contributed by atoms with E-state index in [0.29, 0.717) is 19.6 Å². The first-order chi connectivity index (χ1) is 42.3. The molecule has 12 rings (SSSR count). The van der Waals surface area contributed by atoms with E-state index in [1.807, 2.05) is 73.3 Å². The van der Waals surface area contributed by atoms with E-state index in [1.54, 1.807) is 34.9 Å². The first-order valence-electron chi connectivity index (χ1n) is 30.7. The number of aliphatic hydroxyl groups excluding tert-OH is 3. The van der Waals surface area contributed by atoms with Crippen LogP contribution in [0.25, 0.3) is 21.7 Å². The first kappa shape index (κ1) is 74.8. The van der Waals surface area contributed by atoms with Crippen molar-refractivity contribution in [3.63, 3.8) is 0 Å². The van der Waals surface area contributed by atoms with Gasteiger partial charge in [-0.1, -0.05) is 124 Å². The number of furan rings is 1. The normalized spacial score (nSPS) is 22.8. The number of hydrogen-bond acceptors (Lipinski definition) is 10. The fourth-order valence-electron chi connectivity index (χ4n) is 13.3. The molecule has 5 heterocycles. The van der Waals surface area contributed by atoms with E-state index in [0.717, 1.165) is 120 Å². The van der Waals surface area contributed by atoms with Gasteiger partial charge in [0.25, 0.3) is 0 Å². The van der Waals surface area contributed by atoms with Crippen LogP contribution in [0, 0.1) is 52.3 Å². The van der Waals surface area contributed by atoms with Gasteiger partial charge >= 0.3 is 0 Å². The molecule has 3 N–H and O–H groups in total. The number of rotatable bonds is 23. The second-order valence-corrected chi connectivity index (χ2v) is 27.1. The number of thiophene rings is 2.